The molecule has 1 fully saturated rings. The first-order chi connectivity index (χ1) is 14.2. The van der Waals surface area contributed by atoms with Crippen molar-refractivity contribution in [1.29, 1.82) is 0 Å². The molecule has 1 heterocycles. The van der Waals surface area contributed by atoms with Gasteiger partial charge in [0.1, 0.15) is 0 Å². The molecular weight excluding hydrogens is 469 g/mol. The molecule has 2 aromatic rings. The van der Waals surface area contributed by atoms with Gasteiger partial charge in [-0.2, -0.15) is 0 Å². The minimum atomic E-state index is -0.512. The first-order valence-corrected chi connectivity index (χ1v) is 10.4. The SMILES string of the molecule is COc1cc(C=C2SC(=S)N(c3ccc(Cl)c(Cl)c3)C2=O)cc(OC)c1OC(C)=O. The van der Waals surface area contributed by atoms with Gasteiger partial charge >= 0.3 is 5.97 Å². The summed E-state index contributed by atoms with van der Waals surface area (Å²) in [6, 6.07) is 8.11. The third-order valence-electron chi connectivity index (χ3n) is 3.98. The smallest absolute Gasteiger partial charge is 0.308 e. The number of carbonyl (C=O) groups is 2. The molecule has 0 aliphatic carbocycles. The summed E-state index contributed by atoms with van der Waals surface area (Å²) in [5.41, 5.74) is 1.13. The number of halogens is 2. The first kappa shape index (κ1) is 22.4. The van der Waals surface area contributed by atoms with Crippen molar-refractivity contribution in [3.05, 3.63) is 50.8 Å². The van der Waals surface area contributed by atoms with E-state index in [9.17, 15) is 9.59 Å². The van der Waals surface area contributed by atoms with Crippen LogP contribution in [0, 0.1) is 0 Å². The van der Waals surface area contributed by atoms with E-state index >= 15 is 0 Å². The Kier molecular flexibility index (Phi) is 6.92. The van der Waals surface area contributed by atoms with Crippen LogP contribution in [0.1, 0.15) is 12.5 Å². The van der Waals surface area contributed by atoms with E-state index in [0.29, 0.717) is 30.5 Å². The van der Waals surface area contributed by atoms with E-state index in [4.69, 9.17) is 49.6 Å². The molecule has 0 radical (unpaired) electrons. The van der Waals surface area contributed by atoms with Gasteiger partial charge in [-0.25, -0.2) is 0 Å². The van der Waals surface area contributed by atoms with Crippen LogP contribution in [0.5, 0.6) is 17.2 Å². The predicted octanol–water partition coefficient (Wildman–Crippen LogP) is 5.34. The van der Waals surface area contributed by atoms with Crippen LogP contribution in [-0.4, -0.2) is 30.4 Å². The fraction of sp³-hybridized carbons (Fsp3) is 0.150. The van der Waals surface area contributed by atoms with Gasteiger partial charge in [0.2, 0.25) is 5.75 Å². The molecule has 0 saturated carbocycles. The summed E-state index contributed by atoms with van der Waals surface area (Å²) in [5, 5.41) is 0.705. The van der Waals surface area contributed by atoms with Gasteiger partial charge in [0.25, 0.3) is 5.91 Å². The van der Waals surface area contributed by atoms with Crippen molar-refractivity contribution in [2.45, 2.75) is 6.92 Å². The molecule has 6 nitrogen and oxygen atoms in total. The molecule has 0 bridgehead atoms. The highest BCUT2D eigenvalue weighted by molar-refractivity contribution is 8.27. The van der Waals surface area contributed by atoms with Gasteiger partial charge in [-0.15, -0.1) is 0 Å². The Bertz CT molecular complexity index is 1060. The third kappa shape index (κ3) is 4.57. The number of methoxy groups -OCH3 is 2. The Morgan fingerprint density at radius 1 is 1.10 bits per heavy atom. The van der Waals surface area contributed by atoms with Gasteiger partial charge in [0, 0.05) is 6.92 Å². The molecule has 10 heteroatoms. The maximum absolute atomic E-state index is 13.0. The Labute approximate surface area is 192 Å². The molecule has 0 atom stereocenters. The van der Waals surface area contributed by atoms with Crippen molar-refractivity contribution in [2.24, 2.45) is 0 Å². The van der Waals surface area contributed by atoms with Crippen molar-refractivity contribution in [1.82, 2.24) is 0 Å². The van der Waals surface area contributed by atoms with Crippen molar-refractivity contribution in [3.63, 3.8) is 0 Å². The predicted molar refractivity (Wildman–Crippen MR) is 123 cm³/mol. The van der Waals surface area contributed by atoms with Crippen molar-refractivity contribution < 1.29 is 23.8 Å². The number of carbonyl (C=O) groups excluding carboxylic acids is 2. The van der Waals surface area contributed by atoms with Crippen LogP contribution < -0.4 is 19.1 Å². The largest absolute Gasteiger partial charge is 0.493 e. The molecule has 0 aromatic heterocycles. The Morgan fingerprint density at radius 3 is 2.27 bits per heavy atom. The van der Waals surface area contributed by atoms with E-state index < -0.39 is 5.97 Å². The Balaban J connectivity index is 1.99. The summed E-state index contributed by atoms with van der Waals surface area (Å²) in [7, 11) is 2.88. The minimum Gasteiger partial charge on any atom is -0.493 e. The number of thiocarbonyl (C=S) groups is 1. The van der Waals surface area contributed by atoms with Gasteiger partial charge in [-0.1, -0.05) is 47.2 Å². The molecule has 2 aromatic carbocycles. The molecule has 1 aliphatic rings. The van der Waals surface area contributed by atoms with Crippen LogP contribution >= 0.6 is 47.2 Å². The highest BCUT2D eigenvalue weighted by Gasteiger charge is 2.33. The number of anilines is 1. The summed E-state index contributed by atoms with van der Waals surface area (Å²) < 4.78 is 16.2. The summed E-state index contributed by atoms with van der Waals surface area (Å²) in [6.07, 6.45) is 1.65. The molecular formula is C20H15Cl2NO5S2. The number of ether oxygens (including phenoxy) is 3. The summed E-state index contributed by atoms with van der Waals surface area (Å²) in [6.45, 7) is 1.28. The number of amides is 1. The van der Waals surface area contributed by atoms with Crippen LogP contribution in [0.4, 0.5) is 5.69 Å². The number of thioether (sulfide) groups is 1. The lowest BCUT2D eigenvalue weighted by Gasteiger charge is -2.15. The van der Waals surface area contributed by atoms with E-state index in [1.165, 1.54) is 26.0 Å². The first-order valence-electron chi connectivity index (χ1n) is 8.42. The van der Waals surface area contributed by atoms with Gasteiger partial charge in [-0.3, -0.25) is 14.5 Å². The number of nitrogens with zero attached hydrogens (tertiary/aromatic N) is 1. The zero-order valence-corrected chi connectivity index (χ0v) is 19.2. The van der Waals surface area contributed by atoms with E-state index in [2.05, 4.69) is 0 Å². The highest BCUT2D eigenvalue weighted by atomic mass is 35.5. The molecule has 0 unspecified atom stereocenters. The van der Waals surface area contributed by atoms with E-state index in [1.807, 2.05) is 0 Å². The fourth-order valence-electron chi connectivity index (χ4n) is 2.69. The van der Waals surface area contributed by atoms with Crippen LogP contribution in [0.3, 0.4) is 0 Å². The number of esters is 1. The lowest BCUT2D eigenvalue weighted by atomic mass is 10.1. The molecule has 0 spiro atoms. The van der Waals surface area contributed by atoms with E-state index in [1.54, 1.807) is 36.4 Å². The number of hydrogen-bond acceptors (Lipinski definition) is 7. The van der Waals surface area contributed by atoms with Gasteiger partial charge in [-0.05, 0) is 42.0 Å². The minimum absolute atomic E-state index is 0.160. The molecule has 1 amide bonds. The van der Waals surface area contributed by atoms with Crippen molar-refractivity contribution in [2.75, 3.05) is 19.1 Å². The number of hydrogen-bond donors (Lipinski definition) is 0. The second-order valence-electron chi connectivity index (χ2n) is 5.96. The number of benzene rings is 2. The van der Waals surface area contributed by atoms with E-state index in [-0.39, 0.29) is 23.2 Å². The molecule has 1 saturated heterocycles. The molecule has 0 N–H and O–H groups in total. The molecule has 156 valence electrons. The van der Waals surface area contributed by atoms with Crippen molar-refractivity contribution >= 4 is 75.1 Å². The maximum atomic E-state index is 13.0. The van der Waals surface area contributed by atoms with Gasteiger partial charge < -0.3 is 14.2 Å². The van der Waals surface area contributed by atoms with Crippen molar-refractivity contribution in [3.8, 4) is 17.2 Å². The monoisotopic (exact) mass is 483 g/mol. The van der Waals surface area contributed by atoms with Crippen LogP contribution in [-0.2, 0) is 9.59 Å². The van der Waals surface area contributed by atoms with Crippen LogP contribution in [0.2, 0.25) is 10.0 Å². The van der Waals surface area contributed by atoms with Crippen LogP contribution in [0.15, 0.2) is 35.2 Å². The lowest BCUT2D eigenvalue weighted by Crippen LogP contribution is -2.27. The summed E-state index contributed by atoms with van der Waals surface area (Å²) in [4.78, 5) is 26.1. The average molecular weight is 484 g/mol. The quantitative estimate of drug-likeness (QED) is 0.246. The zero-order chi connectivity index (χ0) is 22.0. The topological polar surface area (TPSA) is 65.1 Å². The average Bonchev–Trinajstić information content (AvgIpc) is 2.97. The summed E-state index contributed by atoms with van der Waals surface area (Å²) >= 11 is 18.6. The second kappa shape index (κ2) is 9.26. The van der Waals surface area contributed by atoms with Gasteiger partial charge in [0.15, 0.2) is 15.8 Å². The normalized spacial score (nSPS) is 15.0. The Hall–Kier alpha value is -2.26. The van der Waals surface area contributed by atoms with Crippen LogP contribution in [0.25, 0.3) is 6.08 Å². The zero-order valence-electron chi connectivity index (χ0n) is 16.0. The Morgan fingerprint density at radius 2 is 1.73 bits per heavy atom. The standard InChI is InChI=1S/C20H15Cl2NO5S2/c1-10(24)28-18-15(26-2)6-11(7-16(18)27-3)8-17-19(25)23(20(29)30-17)12-4-5-13(21)14(22)9-12/h4-9H,1-3H3. The molecule has 30 heavy (non-hydrogen) atoms. The summed E-state index contributed by atoms with van der Waals surface area (Å²) in [5.74, 6) is -0.0771. The van der Waals surface area contributed by atoms with E-state index in [0.717, 1.165) is 11.8 Å². The lowest BCUT2D eigenvalue weighted by molar-refractivity contribution is -0.132. The molecule has 3 rings (SSSR count). The highest BCUT2D eigenvalue weighted by Crippen LogP contribution is 2.42. The van der Waals surface area contributed by atoms with Gasteiger partial charge in [0.05, 0.1) is 34.9 Å². The number of rotatable bonds is 5. The maximum Gasteiger partial charge on any atom is 0.308 e. The molecule has 1 aliphatic heterocycles. The third-order valence-corrected chi connectivity index (χ3v) is 6.02. The second-order valence-corrected chi connectivity index (χ2v) is 8.45. The fourth-order valence-corrected chi connectivity index (χ4v) is 4.29.